The smallest absolute Gasteiger partial charge is 0.134 e. The van der Waals surface area contributed by atoms with Crippen molar-refractivity contribution in [1.82, 2.24) is 4.98 Å². The van der Waals surface area contributed by atoms with Gasteiger partial charge in [0.2, 0.25) is 0 Å². The van der Waals surface area contributed by atoms with Gasteiger partial charge in [-0.3, -0.25) is 4.98 Å². The lowest BCUT2D eigenvalue weighted by molar-refractivity contribution is 0.327. The van der Waals surface area contributed by atoms with Crippen LogP contribution in [0.15, 0.2) is 12.3 Å². The van der Waals surface area contributed by atoms with Crippen LogP contribution in [0.5, 0.6) is 5.75 Å². The zero-order valence-corrected chi connectivity index (χ0v) is 8.40. The number of aromatic nitrogens is 1. The molecule has 0 amide bonds. The van der Waals surface area contributed by atoms with Crippen molar-refractivity contribution < 1.29 is 5.11 Å². The topological polar surface area (TPSA) is 33.1 Å². The molecule has 2 aliphatic rings. The van der Waals surface area contributed by atoms with Crippen molar-refractivity contribution in [2.75, 3.05) is 0 Å². The summed E-state index contributed by atoms with van der Waals surface area (Å²) in [5.41, 5.74) is 2.58. The molecule has 3 unspecified atom stereocenters. The van der Waals surface area contributed by atoms with Crippen LogP contribution in [0, 0.1) is 5.92 Å². The molecule has 2 nitrogen and oxygen atoms in total. The molecule has 1 aromatic heterocycles. The second-order valence-corrected chi connectivity index (χ2v) is 4.76. The minimum absolute atomic E-state index is 0.323. The van der Waals surface area contributed by atoms with Crippen molar-refractivity contribution >= 4 is 0 Å². The van der Waals surface area contributed by atoms with Crippen LogP contribution >= 0.6 is 0 Å². The van der Waals surface area contributed by atoms with Crippen LogP contribution in [0.1, 0.15) is 49.3 Å². The quantitative estimate of drug-likeness (QED) is 0.680. The standard InChI is InChI=1S/C12H15NO/c1-7-2-3-8-4-10(7)12-11(8)5-9(14)6-13-12/h5-8,10,14H,2-4H2,1H3. The molecule has 14 heavy (non-hydrogen) atoms. The van der Waals surface area contributed by atoms with E-state index < -0.39 is 0 Å². The van der Waals surface area contributed by atoms with Gasteiger partial charge < -0.3 is 5.11 Å². The molecule has 0 aromatic carbocycles. The monoisotopic (exact) mass is 189 g/mol. The highest BCUT2D eigenvalue weighted by atomic mass is 16.3. The molecule has 2 aliphatic carbocycles. The highest BCUT2D eigenvalue weighted by Crippen LogP contribution is 2.52. The van der Waals surface area contributed by atoms with E-state index in [-0.39, 0.29) is 0 Å². The van der Waals surface area contributed by atoms with Crippen LogP contribution in [0.3, 0.4) is 0 Å². The number of aromatic hydroxyl groups is 1. The third-order valence-electron chi connectivity index (χ3n) is 3.92. The van der Waals surface area contributed by atoms with Crippen LogP contribution in [0.4, 0.5) is 0 Å². The lowest BCUT2D eigenvalue weighted by Crippen LogP contribution is -2.12. The summed E-state index contributed by atoms with van der Waals surface area (Å²) < 4.78 is 0. The summed E-state index contributed by atoms with van der Waals surface area (Å²) in [5.74, 6) is 2.42. The second-order valence-electron chi connectivity index (χ2n) is 4.76. The summed E-state index contributed by atoms with van der Waals surface area (Å²) in [6.45, 7) is 2.32. The van der Waals surface area contributed by atoms with E-state index in [0.717, 1.165) is 5.92 Å². The fourth-order valence-corrected chi connectivity index (χ4v) is 3.10. The fraction of sp³-hybridized carbons (Fsp3) is 0.583. The largest absolute Gasteiger partial charge is 0.506 e. The molecule has 0 aliphatic heterocycles. The molecule has 1 N–H and O–H groups in total. The zero-order chi connectivity index (χ0) is 9.71. The van der Waals surface area contributed by atoms with E-state index in [1.807, 2.05) is 6.07 Å². The van der Waals surface area contributed by atoms with E-state index in [4.69, 9.17) is 0 Å². The van der Waals surface area contributed by atoms with Gasteiger partial charge in [-0.05, 0) is 42.7 Å². The Hall–Kier alpha value is -1.05. The molecule has 2 bridgehead atoms. The van der Waals surface area contributed by atoms with Gasteiger partial charge in [0.15, 0.2) is 0 Å². The lowest BCUT2D eigenvalue weighted by atomic mass is 9.80. The average molecular weight is 189 g/mol. The van der Waals surface area contributed by atoms with Gasteiger partial charge >= 0.3 is 0 Å². The minimum Gasteiger partial charge on any atom is -0.506 e. The Kier molecular flexibility index (Phi) is 1.61. The zero-order valence-electron chi connectivity index (χ0n) is 8.40. The van der Waals surface area contributed by atoms with Crippen molar-refractivity contribution in [3.63, 3.8) is 0 Å². The summed E-state index contributed by atoms with van der Waals surface area (Å²) in [6, 6.07) is 1.92. The van der Waals surface area contributed by atoms with Gasteiger partial charge in [-0.15, -0.1) is 0 Å². The van der Waals surface area contributed by atoms with Crippen LogP contribution in [-0.2, 0) is 0 Å². The normalized spacial score (nSPS) is 34.2. The Morgan fingerprint density at radius 1 is 1.43 bits per heavy atom. The molecule has 1 heterocycles. The summed E-state index contributed by atoms with van der Waals surface area (Å²) in [6.07, 6.45) is 5.43. The average Bonchev–Trinajstić information content (AvgIpc) is 2.47. The number of rotatable bonds is 0. The fourth-order valence-electron chi connectivity index (χ4n) is 3.10. The molecule has 1 fully saturated rings. The predicted molar refractivity (Wildman–Crippen MR) is 54.4 cm³/mol. The number of hydrogen-bond acceptors (Lipinski definition) is 2. The Morgan fingerprint density at radius 3 is 3.14 bits per heavy atom. The maximum Gasteiger partial charge on any atom is 0.134 e. The molecule has 1 saturated carbocycles. The van der Waals surface area contributed by atoms with E-state index in [9.17, 15) is 5.11 Å². The van der Waals surface area contributed by atoms with Gasteiger partial charge in [0.1, 0.15) is 5.75 Å². The first-order valence-electron chi connectivity index (χ1n) is 5.44. The molecule has 3 atom stereocenters. The van der Waals surface area contributed by atoms with Gasteiger partial charge in [0.05, 0.1) is 6.20 Å². The number of fused-ring (bicyclic) bond motifs is 5. The van der Waals surface area contributed by atoms with Crippen LogP contribution in [0.2, 0.25) is 0 Å². The van der Waals surface area contributed by atoms with Crippen LogP contribution < -0.4 is 0 Å². The Morgan fingerprint density at radius 2 is 2.29 bits per heavy atom. The minimum atomic E-state index is 0.323. The van der Waals surface area contributed by atoms with E-state index in [1.54, 1.807) is 6.20 Å². The summed E-state index contributed by atoms with van der Waals surface area (Å²) in [4.78, 5) is 4.40. The molecule has 0 radical (unpaired) electrons. The molecule has 2 heteroatoms. The molecule has 0 saturated heterocycles. The number of nitrogens with zero attached hydrogens (tertiary/aromatic N) is 1. The van der Waals surface area contributed by atoms with E-state index in [2.05, 4.69) is 11.9 Å². The Labute approximate surface area is 84.0 Å². The van der Waals surface area contributed by atoms with Crippen molar-refractivity contribution in [3.05, 3.63) is 23.5 Å². The molecule has 1 aromatic rings. The molecule has 74 valence electrons. The summed E-state index contributed by atoms with van der Waals surface area (Å²) in [5, 5.41) is 9.42. The molecular formula is C12H15NO. The Bertz CT molecular complexity index is 375. The van der Waals surface area contributed by atoms with Gasteiger partial charge in [0.25, 0.3) is 0 Å². The van der Waals surface area contributed by atoms with Crippen molar-refractivity contribution in [3.8, 4) is 5.75 Å². The van der Waals surface area contributed by atoms with Crippen LogP contribution in [-0.4, -0.2) is 10.1 Å². The maximum atomic E-state index is 9.42. The third kappa shape index (κ3) is 0.999. The highest BCUT2D eigenvalue weighted by molar-refractivity contribution is 5.39. The highest BCUT2D eigenvalue weighted by Gasteiger charge is 2.39. The predicted octanol–water partition coefficient (Wildman–Crippen LogP) is 2.79. The number of hydrogen-bond donors (Lipinski definition) is 1. The summed E-state index contributed by atoms with van der Waals surface area (Å²) in [7, 11) is 0. The molecule has 3 rings (SSSR count). The van der Waals surface area contributed by atoms with Crippen LogP contribution in [0.25, 0.3) is 0 Å². The molecular weight excluding hydrogens is 174 g/mol. The van der Waals surface area contributed by atoms with E-state index in [1.165, 1.54) is 30.5 Å². The van der Waals surface area contributed by atoms with Gasteiger partial charge in [-0.1, -0.05) is 6.92 Å². The first-order chi connectivity index (χ1) is 6.75. The maximum absolute atomic E-state index is 9.42. The van der Waals surface area contributed by atoms with Crippen molar-refractivity contribution in [2.45, 2.75) is 38.0 Å². The lowest BCUT2D eigenvalue weighted by Gasteiger charge is -2.25. The van der Waals surface area contributed by atoms with Crippen molar-refractivity contribution in [1.29, 1.82) is 0 Å². The Balaban J connectivity index is 2.13. The molecule has 0 spiro atoms. The summed E-state index contributed by atoms with van der Waals surface area (Å²) >= 11 is 0. The van der Waals surface area contributed by atoms with Crippen molar-refractivity contribution in [2.24, 2.45) is 5.92 Å². The van der Waals surface area contributed by atoms with Gasteiger partial charge in [0, 0.05) is 11.6 Å². The van der Waals surface area contributed by atoms with E-state index >= 15 is 0 Å². The first-order valence-corrected chi connectivity index (χ1v) is 5.44. The number of pyridine rings is 1. The van der Waals surface area contributed by atoms with Gasteiger partial charge in [-0.2, -0.15) is 0 Å². The SMILES string of the molecule is CC1CCC2CC1c1ncc(O)cc12. The third-order valence-corrected chi connectivity index (χ3v) is 3.92. The first kappa shape index (κ1) is 8.27. The van der Waals surface area contributed by atoms with Gasteiger partial charge in [-0.25, -0.2) is 0 Å². The van der Waals surface area contributed by atoms with E-state index in [0.29, 0.717) is 17.6 Å². The second kappa shape index (κ2) is 2.72.